The van der Waals surface area contributed by atoms with Crippen LogP contribution in [0.15, 0.2) is 18.3 Å². The predicted octanol–water partition coefficient (Wildman–Crippen LogP) is 1.55. The van der Waals surface area contributed by atoms with Crippen LogP contribution in [0.1, 0.15) is 31.4 Å². The second-order valence-corrected chi connectivity index (χ2v) is 4.37. The fourth-order valence-electron chi connectivity index (χ4n) is 2.02. The van der Waals surface area contributed by atoms with Crippen molar-refractivity contribution in [3.8, 4) is 0 Å². The third-order valence-corrected chi connectivity index (χ3v) is 3.06. The van der Waals surface area contributed by atoms with Gasteiger partial charge in [-0.3, -0.25) is 19.5 Å². The molecule has 5 heteroatoms. The number of imide groups is 1. The Morgan fingerprint density at radius 1 is 1.28 bits per heavy atom. The number of hydrogen-bond donors (Lipinski definition) is 1. The molecule has 1 fully saturated rings. The van der Waals surface area contributed by atoms with Gasteiger partial charge in [-0.15, -0.1) is 0 Å². The Labute approximate surface area is 106 Å². The summed E-state index contributed by atoms with van der Waals surface area (Å²) in [4.78, 5) is 29.2. The molecule has 2 amide bonds. The molecule has 96 valence electrons. The summed E-state index contributed by atoms with van der Waals surface area (Å²) < 4.78 is 0. The lowest BCUT2D eigenvalue weighted by Crippen LogP contribution is -2.34. The molecular formula is C13H17N3O2. The smallest absolute Gasteiger partial charge is 0.229 e. The minimum absolute atomic E-state index is 0.0887. The predicted molar refractivity (Wildman–Crippen MR) is 67.8 cm³/mol. The summed E-state index contributed by atoms with van der Waals surface area (Å²) in [6, 6.07) is 3.70. The minimum atomic E-state index is -0.0887. The van der Waals surface area contributed by atoms with Crippen molar-refractivity contribution in [3.05, 3.63) is 24.0 Å². The van der Waals surface area contributed by atoms with Crippen molar-refractivity contribution < 1.29 is 9.59 Å². The number of aromatic nitrogens is 1. The van der Waals surface area contributed by atoms with E-state index in [1.165, 1.54) is 4.90 Å². The molecule has 0 atom stereocenters. The Kier molecular flexibility index (Phi) is 3.92. The van der Waals surface area contributed by atoms with Gasteiger partial charge in [0.25, 0.3) is 0 Å². The first-order valence-electron chi connectivity index (χ1n) is 6.16. The Hall–Kier alpha value is -1.91. The van der Waals surface area contributed by atoms with Crippen LogP contribution < -0.4 is 5.32 Å². The number of nitrogens with one attached hydrogen (secondary N) is 1. The van der Waals surface area contributed by atoms with Gasteiger partial charge in [0.1, 0.15) is 0 Å². The van der Waals surface area contributed by atoms with E-state index in [2.05, 4.69) is 10.3 Å². The standard InChI is InChI=1S/C13H17N3O2/c1-14-10-6-7-15-11(8-10)9-16-12(17)4-2-3-5-13(16)18/h6-8H,2-5,9H2,1H3,(H,14,15). The topological polar surface area (TPSA) is 62.3 Å². The van der Waals surface area contributed by atoms with Crippen molar-refractivity contribution in [1.82, 2.24) is 9.88 Å². The van der Waals surface area contributed by atoms with Crippen LogP contribution in [0.3, 0.4) is 0 Å². The highest BCUT2D eigenvalue weighted by Gasteiger charge is 2.24. The molecule has 0 aromatic carbocycles. The molecule has 2 rings (SSSR count). The summed E-state index contributed by atoms with van der Waals surface area (Å²) in [5, 5.41) is 3.01. The van der Waals surface area contributed by atoms with E-state index in [-0.39, 0.29) is 18.4 Å². The minimum Gasteiger partial charge on any atom is -0.388 e. The lowest BCUT2D eigenvalue weighted by molar-refractivity contribution is -0.144. The number of carbonyl (C=O) groups is 2. The van der Waals surface area contributed by atoms with Crippen LogP contribution in [-0.4, -0.2) is 28.7 Å². The third-order valence-electron chi connectivity index (χ3n) is 3.06. The first-order valence-corrected chi connectivity index (χ1v) is 6.16. The van der Waals surface area contributed by atoms with Gasteiger partial charge in [-0.05, 0) is 25.0 Å². The van der Waals surface area contributed by atoms with Gasteiger partial charge in [0, 0.05) is 31.8 Å². The van der Waals surface area contributed by atoms with E-state index in [9.17, 15) is 9.59 Å². The van der Waals surface area contributed by atoms with Crippen LogP contribution in [0.5, 0.6) is 0 Å². The Morgan fingerprint density at radius 2 is 1.94 bits per heavy atom. The molecule has 0 aliphatic carbocycles. The van der Waals surface area contributed by atoms with Gasteiger partial charge in [-0.2, -0.15) is 0 Å². The number of hydrogen-bond acceptors (Lipinski definition) is 4. The van der Waals surface area contributed by atoms with Gasteiger partial charge in [0.15, 0.2) is 0 Å². The molecule has 5 nitrogen and oxygen atoms in total. The fraction of sp³-hybridized carbons (Fsp3) is 0.462. The number of anilines is 1. The Balaban J connectivity index is 2.14. The largest absolute Gasteiger partial charge is 0.388 e. The average molecular weight is 247 g/mol. The van der Waals surface area contributed by atoms with E-state index in [0.717, 1.165) is 24.2 Å². The number of rotatable bonds is 3. The van der Waals surface area contributed by atoms with Crippen molar-refractivity contribution >= 4 is 17.5 Å². The average Bonchev–Trinajstić information content (AvgIpc) is 2.54. The summed E-state index contributed by atoms with van der Waals surface area (Å²) in [7, 11) is 1.82. The van der Waals surface area contributed by atoms with Crippen molar-refractivity contribution in [2.45, 2.75) is 32.2 Å². The second kappa shape index (κ2) is 5.62. The summed E-state index contributed by atoms with van der Waals surface area (Å²) in [6.45, 7) is 0.271. The first-order chi connectivity index (χ1) is 8.70. The van der Waals surface area contributed by atoms with Crippen LogP contribution in [0.25, 0.3) is 0 Å². The maximum atomic E-state index is 11.8. The highest BCUT2D eigenvalue weighted by atomic mass is 16.2. The fourth-order valence-corrected chi connectivity index (χ4v) is 2.02. The molecule has 1 aromatic rings. The molecule has 1 N–H and O–H groups in total. The van der Waals surface area contributed by atoms with Crippen LogP contribution in [0.4, 0.5) is 5.69 Å². The first kappa shape index (κ1) is 12.5. The third kappa shape index (κ3) is 2.85. The normalized spacial score (nSPS) is 16.6. The van der Waals surface area contributed by atoms with E-state index >= 15 is 0 Å². The quantitative estimate of drug-likeness (QED) is 0.823. The number of likely N-dealkylation sites (tertiary alicyclic amines) is 1. The Morgan fingerprint density at radius 3 is 2.56 bits per heavy atom. The molecule has 0 spiro atoms. The lowest BCUT2D eigenvalue weighted by atomic mass is 10.2. The van der Waals surface area contributed by atoms with Crippen molar-refractivity contribution in [2.75, 3.05) is 12.4 Å². The number of nitrogens with zero attached hydrogens (tertiary/aromatic N) is 2. The molecule has 0 unspecified atom stereocenters. The van der Waals surface area contributed by atoms with Gasteiger partial charge in [-0.1, -0.05) is 0 Å². The SMILES string of the molecule is CNc1ccnc(CN2C(=O)CCCCC2=O)c1. The molecule has 1 aliphatic rings. The number of amides is 2. The molecule has 1 saturated heterocycles. The maximum Gasteiger partial charge on any atom is 0.229 e. The van der Waals surface area contributed by atoms with Gasteiger partial charge in [0.05, 0.1) is 12.2 Å². The van der Waals surface area contributed by atoms with Gasteiger partial charge < -0.3 is 5.32 Å². The molecule has 18 heavy (non-hydrogen) atoms. The zero-order valence-electron chi connectivity index (χ0n) is 10.5. The summed E-state index contributed by atoms with van der Waals surface area (Å²) in [5.74, 6) is -0.177. The molecule has 0 bridgehead atoms. The number of carbonyl (C=O) groups excluding carboxylic acids is 2. The highest BCUT2D eigenvalue weighted by molar-refractivity contribution is 5.95. The zero-order valence-corrected chi connectivity index (χ0v) is 10.5. The van der Waals surface area contributed by atoms with Crippen LogP contribution in [0, 0.1) is 0 Å². The van der Waals surface area contributed by atoms with E-state index in [1.807, 2.05) is 19.2 Å². The second-order valence-electron chi connectivity index (χ2n) is 4.37. The summed E-state index contributed by atoms with van der Waals surface area (Å²) in [5.41, 5.74) is 1.65. The maximum absolute atomic E-state index is 11.8. The molecule has 0 saturated carbocycles. The van der Waals surface area contributed by atoms with E-state index < -0.39 is 0 Å². The van der Waals surface area contributed by atoms with Crippen molar-refractivity contribution in [1.29, 1.82) is 0 Å². The lowest BCUT2D eigenvalue weighted by Gasteiger charge is -2.18. The number of pyridine rings is 1. The molecular weight excluding hydrogens is 230 g/mol. The highest BCUT2D eigenvalue weighted by Crippen LogP contribution is 2.16. The van der Waals surface area contributed by atoms with Gasteiger partial charge in [-0.25, -0.2) is 0 Å². The van der Waals surface area contributed by atoms with Gasteiger partial charge >= 0.3 is 0 Å². The van der Waals surface area contributed by atoms with E-state index in [1.54, 1.807) is 6.20 Å². The van der Waals surface area contributed by atoms with E-state index in [0.29, 0.717) is 12.8 Å². The van der Waals surface area contributed by atoms with Crippen LogP contribution in [-0.2, 0) is 16.1 Å². The monoisotopic (exact) mass is 247 g/mol. The van der Waals surface area contributed by atoms with Crippen molar-refractivity contribution in [2.24, 2.45) is 0 Å². The summed E-state index contributed by atoms with van der Waals surface area (Å²) >= 11 is 0. The molecule has 0 radical (unpaired) electrons. The molecule has 2 heterocycles. The van der Waals surface area contributed by atoms with Crippen molar-refractivity contribution in [3.63, 3.8) is 0 Å². The van der Waals surface area contributed by atoms with Gasteiger partial charge in [0.2, 0.25) is 11.8 Å². The van der Waals surface area contributed by atoms with Crippen LogP contribution in [0.2, 0.25) is 0 Å². The molecule has 1 aromatic heterocycles. The summed E-state index contributed by atoms with van der Waals surface area (Å²) in [6.07, 6.45) is 4.18. The zero-order chi connectivity index (χ0) is 13.0. The molecule has 1 aliphatic heterocycles. The van der Waals surface area contributed by atoms with E-state index in [4.69, 9.17) is 0 Å². The Bertz CT molecular complexity index is 441. The van der Waals surface area contributed by atoms with Crippen LogP contribution >= 0.6 is 0 Å².